The first kappa shape index (κ1) is 31.5. The van der Waals surface area contributed by atoms with Crippen LogP contribution in [0, 0.1) is 23.7 Å². The monoisotopic (exact) mass is 694 g/mol. The van der Waals surface area contributed by atoms with Crippen LogP contribution in [-0.2, 0) is 5.41 Å². The minimum Gasteiger partial charge on any atom is -0.310 e. The number of benzene rings is 5. The van der Waals surface area contributed by atoms with Crippen molar-refractivity contribution < 1.29 is 0 Å². The molecule has 0 atom stereocenters. The smallest absolute Gasteiger partial charge is 0.0546 e. The van der Waals surface area contributed by atoms with Crippen molar-refractivity contribution in [3.63, 3.8) is 0 Å². The maximum atomic E-state index is 4.86. The Hall–Kier alpha value is -6.04. The molecule has 54 heavy (non-hydrogen) atoms. The third kappa shape index (κ3) is 4.68. The van der Waals surface area contributed by atoms with Gasteiger partial charge >= 0.3 is 0 Å². The number of hydrogen-bond acceptors (Lipinski definition) is 1. The summed E-state index contributed by atoms with van der Waals surface area (Å²) >= 11 is 0. The van der Waals surface area contributed by atoms with E-state index in [1.54, 1.807) is 5.56 Å². The first-order chi connectivity index (χ1) is 26.7. The highest BCUT2D eigenvalue weighted by Gasteiger charge is 2.60. The van der Waals surface area contributed by atoms with Crippen LogP contribution >= 0.6 is 0 Å². The summed E-state index contributed by atoms with van der Waals surface area (Å²) in [7, 11) is 0. The molecule has 6 aliphatic carbocycles. The third-order valence-electron chi connectivity index (χ3n) is 13.4. The van der Waals surface area contributed by atoms with Gasteiger partial charge in [-0.2, -0.15) is 0 Å². The lowest BCUT2D eigenvalue weighted by Gasteiger charge is -2.61. The van der Waals surface area contributed by atoms with Crippen LogP contribution in [0.15, 0.2) is 181 Å². The van der Waals surface area contributed by atoms with Gasteiger partial charge in [0.15, 0.2) is 0 Å². The van der Waals surface area contributed by atoms with Gasteiger partial charge in [0.2, 0.25) is 0 Å². The van der Waals surface area contributed by atoms with E-state index in [-0.39, 0.29) is 5.41 Å². The number of hydrogen-bond donors (Lipinski definition) is 0. The number of anilines is 2. The molecule has 0 N–H and O–H groups in total. The number of para-hydroxylation sites is 3. The second-order valence-electron chi connectivity index (χ2n) is 16.1. The molecule has 1 heterocycles. The number of rotatable bonds is 7. The van der Waals surface area contributed by atoms with Crippen LogP contribution in [0.4, 0.5) is 11.4 Å². The molecular formula is C52H42N2. The van der Waals surface area contributed by atoms with Gasteiger partial charge in [-0.15, -0.1) is 0 Å². The number of fused-ring (bicyclic) bond motifs is 4. The van der Waals surface area contributed by atoms with Gasteiger partial charge in [0, 0.05) is 44.4 Å². The molecule has 1 aromatic heterocycles. The fourth-order valence-corrected chi connectivity index (χ4v) is 11.5. The summed E-state index contributed by atoms with van der Waals surface area (Å²) in [5.74, 6) is 3.25. The van der Waals surface area contributed by atoms with Crippen LogP contribution in [-0.4, -0.2) is 4.57 Å². The Morgan fingerprint density at radius 2 is 1.46 bits per heavy atom. The lowest BCUT2D eigenvalue weighted by atomic mass is 9.43. The molecule has 5 aromatic carbocycles. The average molecular weight is 695 g/mol. The Morgan fingerprint density at radius 3 is 2.28 bits per heavy atom. The fraction of sp³-hybridized carbons (Fsp3) is 0.192. The summed E-state index contributed by atoms with van der Waals surface area (Å²) < 4.78 is 2.38. The van der Waals surface area contributed by atoms with Gasteiger partial charge in [-0.25, -0.2) is 0 Å². The Bertz CT molecular complexity index is 2690. The standard InChI is InChI=1S/C52H42N2/c1-35(24-25-40-33-39-16-8-11-21-48(39)52(40)41-29-36-28-37(31-41)32-42(52)30-36)53(49-22-12-9-19-45(49)38-14-4-2-5-15-38)44-26-27-51-47(34-44)46-20-10-13-23-50(46)54(51)43-17-6-3-7-18-43/h2-4,6-14,16-27,33-34,36-37,41-42H,1,28-32H2/b25-24-. The van der Waals surface area contributed by atoms with Crippen LogP contribution in [0.3, 0.4) is 0 Å². The first-order valence-electron chi connectivity index (χ1n) is 19.7. The Balaban J connectivity index is 1.07. The summed E-state index contributed by atoms with van der Waals surface area (Å²) in [4.78, 5) is 2.35. The summed E-state index contributed by atoms with van der Waals surface area (Å²) in [5.41, 5.74) is 19.9. The number of aromatic nitrogens is 1. The number of allylic oxidation sites excluding steroid dienone is 7. The Kier molecular flexibility index (Phi) is 7.15. The SMILES string of the molecule is C=C(/C=C\C1=Cc2ccccc2C12C1CC3CC(C1)CC2C3)N(c1ccc2c(c1)c1ccccc1n2-c1ccccc1)c1ccccc1C1=C=C=CC=C1. The van der Waals surface area contributed by atoms with Crippen molar-refractivity contribution in [3.05, 3.63) is 198 Å². The van der Waals surface area contributed by atoms with E-state index in [0.717, 1.165) is 45.7 Å². The zero-order chi connectivity index (χ0) is 35.8. The molecule has 4 saturated carbocycles. The Labute approximate surface area is 317 Å². The lowest BCUT2D eigenvalue weighted by molar-refractivity contribution is -0.0406. The molecule has 4 bridgehead atoms. The average Bonchev–Trinajstić information content (AvgIpc) is 3.73. The fourth-order valence-electron chi connectivity index (χ4n) is 11.5. The second-order valence-corrected chi connectivity index (χ2v) is 16.1. The molecule has 6 aromatic rings. The van der Waals surface area contributed by atoms with Gasteiger partial charge < -0.3 is 9.47 Å². The number of nitrogens with zero attached hydrogens (tertiary/aromatic N) is 2. The van der Waals surface area contributed by atoms with Crippen LogP contribution < -0.4 is 4.90 Å². The second kappa shape index (κ2) is 12.3. The molecule has 0 saturated heterocycles. The van der Waals surface area contributed by atoms with E-state index in [2.05, 4.69) is 167 Å². The molecular weight excluding hydrogens is 653 g/mol. The minimum absolute atomic E-state index is 0.108. The molecule has 0 radical (unpaired) electrons. The van der Waals surface area contributed by atoms with Crippen molar-refractivity contribution >= 4 is 44.8 Å². The highest BCUT2D eigenvalue weighted by Crippen LogP contribution is 2.67. The maximum Gasteiger partial charge on any atom is 0.0546 e. The molecule has 4 fully saturated rings. The first-order valence-corrected chi connectivity index (χ1v) is 19.7. The van der Waals surface area contributed by atoms with E-state index in [1.807, 2.05) is 12.2 Å². The quantitative estimate of drug-likeness (QED) is 0.119. The van der Waals surface area contributed by atoms with Crippen LogP contribution in [0.1, 0.15) is 48.8 Å². The summed E-state index contributed by atoms with van der Waals surface area (Å²) in [6.45, 7) is 4.86. The van der Waals surface area contributed by atoms with Gasteiger partial charge in [0.1, 0.15) is 0 Å². The van der Waals surface area contributed by atoms with Crippen LogP contribution in [0.25, 0.3) is 39.1 Å². The normalized spacial score (nSPS) is 24.5. The molecule has 260 valence electrons. The summed E-state index contributed by atoms with van der Waals surface area (Å²) in [5, 5.41) is 2.45. The molecule has 2 nitrogen and oxygen atoms in total. The van der Waals surface area contributed by atoms with E-state index in [1.165, 1.54) is 65.0 Å². The zero-order valence-electron chi connectivity index (χ0n) is 30.5. The van der Waals surface area contributed by atoms with Gasteiger partial charge in [-0.3, -0.25) is 0 Å². The highest BCUT2D eigenvalue weighted by molar-refractivity contribution is 6.10. The van der Waals surface area contributed by atoms with Crippen LogP contribution in [0.2, 0.25) is 0 Å². The lowest BCUT2D eigenvalue weighted by Crippen LogP contribution is -2.55. The van der Waals surface area contributed by atoms with Gasteiger partial charge in [0.05, 0.1) is 16.7 Å². The van der Waals surface area contributed by atoms with E-state index in [4.69, 9.17) is 6.58 Å². The van der Waals surface area contributed by atoms with E-state index in [0.29, 0.717) is 11.8 Å². The Morgan fingerprint density at radius 1 is 0.741 bits per heavy atom. The van der Waals surface area contributed by atoms with Crippen molar-refractivity contribution in [1.82, 2.24) is 4.57 Å². The van der Waals surface area contributed by atoms with Crippen LogP contribution in [0.5, 0.6) is 0 Å². The van der Waals surface area contributed by atoms with Crippen molar-refractivity contribution in [2.75, 3.05) is 4.90 Å². The van der Waals surface area contributed by atoms with Crippen molar-refractivity contribution in [3.8, 4) is 5.69 Å². The molecule has 6 aliphatic rings. The third-order valence-corrected chi connectivity index (χ3v) is 13.4. The molecule has 12 rings (SSSR count). The van der Waals surface area contributed by atoms with Gasteiger partial charge in [-0.05, 0) is 133 Å². The van der Waals surface area contributed by atoms with Crippen molar-refractivity contribution in [1.29, 1.82) is 0 Å². The largest absolute Gasteiger partial charge is 0.310 e. The maximum absolute atomic E-state index is 4.86. The topological polar surface area (TPSA) is 8.17 Å². The zero-order valence-corrected chi connectivity index (χ0v) is 30.5. The predicted molar refractivity (Wildman–Crippen MR) is 225 cm³/mol. The molecule has 0 aliphatic heterocycles. The molecule has 0 amide bonds. The van der Waals surface area contributed by atoms with Crippen molar-refractivity contribution in [2.45, 2.75) is 37.5 Å². The van der Waals surface area contributed by atoms with Crippen molar-refractivity contribution in [2.24, 2.45) is 23.7 Å². The molecule has 2 heteroatoms. The van der Waals surface area contributed by atoms with E-state index in [9.17, 15) is 0 Å². The predicted octanol–water partition coefficient (Wildman–Crippen LogP) is 13.0. The molecule has 0 unspecified atom stereocenters. The van der Waals surface area contributed by atoms with Gasteiger partial charge in [-0.1, -0.05) is 115 Å². The minimum atomic E-state index is 0.108. The highest BCUT2D eigenvalue weighted by atomic mass is 15.1. The van der Waals surface area contributed by atoms with E-state index < -0.39 is 0 Å². The molecule has 1 spiro atoms. The van der Waals surface area contributed by atoms with E-state index >= 15 is 0 Å². The summed E-state index contributed by atoms with van der Waals surface area (Å²) in [6, 6.07) is 44.3. The van der Waals surface area contributed by atoms with Gasteiger partial charge in [0.25, 0.3) is 0 Å². The summed E-state index contributed by atoms with van der Waals surface area (Å²) in [6.07, 6.45) is 20.3.